The Morgan fingerprint density at radius 2 is 2.56 bits per heavy atom. The van der Waals surface area contributed by atoms with E-state index in [2.05, 4.69) is 17.0 Å². The summed E-state index contributed by atoms with van der Waals surface area (Å²) in [4.78, 5) is 14.0. The van der Waals surface area contributed by atoms with E-state index in [4.69, 9.17) is 0 Å². The predicted molar refractivity (Wildman–Crippen MR) is 35.6 cm³/mol. The van der Waals surface area contributed by atoms with Gasteiger partial charge in [0.25, 0.3) is 5.91 Å². The minimum Gasteiger partial charge on any atom is -0.306 e. The fourth-order valence-electron chi connectivity index (χ4n) is 1.01. The first-order valence-electron chi connectivity index (χ1n) is 3.08. The van der Waals surface area contributed by atoms with Crippen LogP contribution < -0.4 is 5.32 Å². The van der Waals surface area contributed by atoms with Crippen LogP contribution >= 0.6 is 0 Å². The van der Waals surface area contributed by atoms with Gasteiger partial charge >= 0.3 is 0 Å². The lowest BCUT2D eigenvalue weighted by Gasteiger charge is -2.01. The monoisotopic (exact) mass is 126 g/mol. The molecular formula is C6H10N2O. The zero-order chi connectivity index (χ0) is 6.69. The average Bonchev–Trinajstić information content (AvgIpc) is 2.37. The van der Waals surface area contributed by atoms with Crippen molar-refractivity contribution in [3.8, 4) is 0 Å². The van der Waals surface area contributed by atoms with Gasteiger partial charge in [-0.3, -0.25) is 4.79 Å². The molecule has 0 aromatic heterocycles. The molecule has 0 radical (unpaired) electrons. The molecule has 3 nitrogen and oxygen atoms in total. The maximum atomic E-state index is 10.7. The molecule has 1 saturated heterocycles. The van der Waals surface area contributed by atoms with Crippen molar-refractivity contribution in [2.75, 3.05) is 6.54 Å². The molecule has 9 heavy (non-hydrogen) atoms. The Hall–Kier alpha value is -0.700. The number of hydrogen-bond acceptors (Lipinski definition) is 2. The van der Waals surface area contributed by atoms with E-state index in [1.165, 1.54) is 0 Å². The summed E-state index contributed by atoms with van der Waals surface area (Å²) in [6, 6.07) is -0.0394. The summed E-state index contributed by atoms with van der Waals surface area (Å²) in [6.07, 6.45) is 1.99. The fourth-order valence-corrected chi connectivity index (χ4v) is 1.01. The van der Waals surface area contributed by atoms with Gasteiger partial charge in [-0.05, 0) is 26.1 Å². The number of rotatable bonds is 1. The van der Waals surface area contributed by atoms with Crippen molar-refractivity contribution in [2.24, 2.45) is 4.99 Å². The van der Waals surface area contributed by atoms with Crippen molar-refractivity contribution < 1.29 is 4.79 Å². The van der Waals surface area contributed by atoms with Gasteiger partial charge in [0, 0.05) is 0 Å². The van der Waals surface area contributed by atoms with E-state index < -0.39 is 0 Å². The molecule has 1 heterocycles. The van der Waals surface area contributed by atoms with Gasteiger partial charge in [-0.2, -0.15) is 0 Å². The Labute approximate surface area is 54.2 Å². The SMILES string of the molecule is C=NC(=O)[C@@H]1CCCN1. The van der Waals surface area contributed by atoms with E-state index >= 15 is 0 Å². The number of carbonyl (C=O) groups excluding carboxylic acids is 1. The van der Waals surface area contributed by atoms with Crippen LogP contribution in [0, 0.1) is 0 Å². The molecule has 50 valence electrons. The van der Waals surface area contributed by atoms with E-state index in [1.54, 1.807) is 0 Å². The van der Waals surface area contributed by atoms with Crippen molar-refractivity contribution in [3.63, 3.8) is 0 Å². The second-order valence-electron chi connectivity index (χ2n) is 2.15. The molecule has 0 bridgehead atoms. The maximum Gasteiger partial charge on any atom is 0.262 e. The lowest BCUT2D eigenvalue weighted by Crippen LogP contribution is -2.28. The van der Waals surface area contributed by atoms with Crippen molar-refractivity contribution in [3.05, 3.63) is 0 Å². The second-order valence-corrected chi connectivity index (χ2v) is 2.15. The topological polar surface area (TPSA) is 41.5 Å². The Kier molecular flexibility index (Phi) is 1.95. The van der Waals surface area contributed by atoms with Gasteiger partial charge < -0.3 is 5.32 Å². The average molecular weight is 126 g/mol. The first-order valence-corrected chi connectivity index (χ1v) is 3.08. The van der Waals surface area contributed by atoms with E-state index in [1.807, 2.05) is 0 Å². The van der Waals surface area contributed by atoms with Crippen molar-refractivity contribution in [1.82, 2.24) is 5.32 Å². The molecule has 1 fully saturated rings. The van der Waals surface area contributed by atoms with Crippen LogP contribution in [0.5, 0.6) is 0 Å². The number of nitrogens with zero attached hydrogens (tertiary/aromatic N) is 1. The maximum absolute atomic E-state index is 10.7. The predicted octanol–water partition coefficient (Wildman–Crippen LogP) is -0.0344. The molecule has 0 spiro atoms. The summed E-state index contributed by atoms with van der Waals surface area (Å²) in [7, 11) is 0. The zero-order valence-corrected chi connectivity index (χ0v) is 5.26. The Bertz CT molecular complexity index is 127. The van der Waals surface area contributed by atoms with E-state index in [9.17, 15) is 4.79 Å². The van der Waals surface area contributed by atoms with Gasteiger partial charge in [0.15, 0.2) is 0 Å². The van der Waals surface area contributed by atoms with Gasteiger partial charge in [-0.1, -0.05) is 0 Å². The Morgan fingerprint density at radius 1 is 1.78 bits per heavy atom. The largest absolute Gasteiger partial charge is 0.306 e. The lowest BCUT2D eigenvalue weighted by molar-refractivity contribution is -0.119. The highest BCUT2D eigenvalue weighted by atomic mass is 16.1. The van der Waals surface area contributed by atoms with Gasteiger partial charge in [0.05, 0.1) is 6.04 Å². The molecule has 1 atom stereocenters. The molecular weight excluding hydrogens is 116 g/mol. The molecule has 1 amide bonds. The van der Waals surface area contributed by atoms with Gasteiger partial charge in [-0.25, -0.2) is 4.99 Å². The summed E-state index contributed by atoms with van der Waals surface area (Å²) >= 11 is 0. The standard InChI is InChI=1S/C6H10N2O/c1-7-6(9)5-3-2-4-8-5/h5,8H,1-4H2/t5-/m0/s1. The van der Waals surface area contributed by atoms with Crippen LogP contribution in [0.25, 0.3) is 0 Å². The highest BCUT2D eigenvalue weighted by Gasteiger charge is 2.19. The lowest BCUT2D eigenvalue weighted by atomic mass is 10.2. The summed E-state index contributed by atoms with van der Waals surface area (Å²) < 4.78 is 0. The third kappa shape index (κ3) is 1.36. The van der Waals surface area contributed by atoms with E-state index in [0.717, 1.165) is 19.4 Å². The zero-order valence-electron chi connectivity index (χ0n) is 5.26. The molecule has 0 aliphatic carbocycles. The first kappa shape index (κ1) is 6.42. The number of hydrogen-bond donors (Lipinski definition) is 1. The Balaban J connectivity index is 2.41. The van der Waals surface area contributed by atoms with Gasteiger partial charge in [-0.15, -0.1) is 0 Å². The fraction of sp³-hybridized carbons (Fsp3) is 0.667. The van der Waals surface area contributed by atoms with Crippen LogP contribution in [0.15, 0.2) is 4.99 Å². The van der Waals surface area contributed by atoms with Gasteiger partial charge in [0.2, 0.25) is 0 Å². The summed E-state index contributed by atoms with van der Waals surface area (Å²) in [5, 5.41) is 3.02. The molecule has 1 rings (SSSR count). The number of carbonyl (C=O) groups is 1. The molecule has 0 aromatic carbocycles. The van der Waals surface area contributed by atoms with E-state index in [0.29, 0.717) is 0 Å². The van der Waals surface area contributed by atoms with Crippen LogP contribution in [0.3, 0.4) is 0 Å². The molecule has 1 aliphatic heterocycles. The van der Waals surface area contributed by atoms with Crippen LogP contribution in [0.1, 0.15) is 12.8 Å². The molecule has 1 aliphatic rings. The summed E-state index contributed by atoms with van der Waals surface area (Å²) in [5.41, 5.74) is 0. The minimum atomic E-state index is -0.118. The van der Waals surface area contributed by atoms with Crippen LogP contribution in [0.2, 0.25) is 0 Å². The molecule has 0 saturated carbocycles. The molecule has 0 aromatic rings. The number of nitrogens with one attached hydrogen (secondary N) is 1. The normalized spacial score (nSPS) is 26.0. The van der Waals surface area contributed by atoms with Crippen molar-refractivity contribution in [2.45, 2.75) is 18.9 Å². The highest BCUT2D eigenvalue weighted by molar-refractivity contribution is 5.85. The first-order chi connectivity index (χ1) is 4.34. The smallest absolute Gasteiger partial charge is 0.262 e. The van der Waals surface area contributed by atoms with E-state index in [-0.39, 0.29) is 11.9 Å². The number of amides is 1. The molecule has 0 unspecified atom stereocenters. The highest BCUT2D eigenvalue weighted by Crippen LogP contribution is 2.05. The van der Waals surface area contributed by atoms with Crippen LogP contribution in [-0.2, 0) is 4.79 Å². The Morgan fingerprint density at radius 3 is 3.00 bits per heavy atom. The van der Waals surface area contributed by atoms with Crippen molar-refractivity contribution in [1.29, 1.82) is 0 Å². The third-order valence-corrected chi connectivity index (χ3v) is 1.51. The number of aliphatic imine (C=N–C) groups is 1. The summed E-state index contributed by atoms with van der Waals surface area (Å²) in [5.74, 6) is -0.118. The van der Waals surface area contributed by atoms with Crippen molar-refractivity contribution >= 4 is 12.6 Å². The molecule has 3 heteroatoms. The second kappa shape index (κ2) is 2.73. The van der Waals surface area contributed by atoms with Crippen LogP contribution in [0.4, 0.5) is 0 Å². The third-order valence-electron chi connectivity index (χ3n) is 1.51. The van der Waals surface area contributed by atoms with Gasteiger partial charge in [0.1, 0.15) is 0 Å². The quantitative estimate of drug-likeness (QED) is 0.501. The molecule has 1 N–H and O–H groups in total. The summed E-state index contributed by atoms with van der Waals surface area (Å²) in [6.45, 7) is 4.10. The van der Waals surface area contributed by atoms with Crippen LogP contribution in [-0.4, -0.2) is 25.2 Å². The minimum absolute atomic E-state index is 0.0394.